The van der Waals surface area contributed by atoms with Crippen LogP contribution in [0.3, 0.4) is 0 Å². The molecule has 5 rings (SSSR count). The molecule has 1 N–H and O–H groups in total. The van der Waals surface area contributed by atoms with Gasteiger partial charge in [-0.15, -0.1) is 0 Å². The molecule has 34 heavy (non-hydrogen) atoms. The van der Waals surface area contributed by atoms with E-state index in [1.807, 2.05) is 42.5 Å². The maximum absolute atomic E-state index is 14.6. The standard InChI is InChI=1S/C26H18ClF2N3O2/c27-20-10-11-21(28)19(25(20)29)15-31-23-9-5-4-8-17(23)18-12-22(30-13-24(18)31)26(33)32(34)14-16-6-2-1-3-7-16/h1-13,34H,14-15H2. The van der Waals surface area contributed by atoms with E-state index in [0.29, 0.717) is 21.5 Å². The number of carbonyl (C=O) groups excluding carboxylic acids is 1. The van der Waals surface area contributed by atoms with Crippen LogP contribution in [0.1, 0.15) is 21.6 Å². The number of hydrogen-bond acceptors (Lipinski definition) is 3. The summed E-state index contributed by atoms with van der Waals surface area (Å²) < 4.78 is 30.8. The molecule has 2 heterocycles. The lowest BCUT2D eigenvalue weighted by Gasteiger charge is -2.15. The fourth-order valence-electron chi connectivity index (χ4n) is 4.07. The molecule has 0 bridgehead atoms. The van der Waals surface area contributed by atoms with Crippen LogP contribution >= 0.6 is 11.6 Å². The highest BCUT2D eigenvalue weighted by Crippen LogP contribution is 2.31. The van der Waals surface area contributed by atoms with Crippen LogP contribution in [0, 0.1) is 11.6 Å². The third-order valence-corrected chi connectivity index (χ3v) is 6.03. The van der Waals surface area contributed by atoms with E-state index < -0.39 is 17.5 Å². The number of fused-ring (bicyclic) bond motifs is 3. The van der Waals surface area contributed by atoms with Crippen molar-refractivity contribution in [3.05, 3.63) is 112 Å². The molecule has 0 aliphatic heterocycles. The Bertz CT molecular complexity index is 1540. The summed E-state index contributed by atoms with van der Waals surface area (Å²) >= 11 is 5.88. The lowest BCUT2D eigenvalue weighted by molar-refractivity contribution is -0.0652. The second-order valence-electron chi connectivity index (χ2n) is 7.86. The zero-order valence-corrected chi connectivity index (χ0v) is 18.5. The van der Waals surface area contributed by atoms with Gasteiger partial charge < -0.3 is 4.57 Å². The van der Waals surface area contributed by atoms with Crippen LogP contribution < -0.4 is 0 Å². The van der Waals surface area contributed by atoms with Gasteiger partial charge in [-0.2, -0.15) is 0 Å². The van der Waals surface area contributed by atoms with Crippen LogP contribution in [0.2, 0.25) is 5.02 Å². The summed E-state index contributed by atoms with van der Waals surface area (Å²) in [5, 5.41) is 12.2. The molecule has 0 saturated carbocycles. The first-order valence-electron chi connectivity index (χ1n) is 10.5. The summed E-state index contributed by atoms with van der Waals surface area (Å²) in [7, 11) is 0. The van der Waals surface area contributed by atoms with E-state index in [4.69, 9.17) is 11.6 Å². The number of amides is 1. The summed E-state index contributed by atoms with van der Waals surface area (Å²) in [6, 6.07) is 20.3. The first-order chi connectivity index (χ1) is 16.4. The van der Waals surface area contributed by atoms with Gasteiger partial charge in [0, 0.05) is 21.9 Å². The van der Waals surface area contributed by atoms with E-state index in [-0.39, 0.29) is 29.4 Å². The minimum Gasteiger partial charge on any atom is -0.334 e. The lowest BCUT2D eigenvalue weighted by atomic mass is 10.1. The average molecular weight is 478 g/mol. The van der Waals surface area contributed by atoms with Crippen molar-refractivity contribution < 1.29 is 18.8 Å². The van der Waals surface area contributed by atoms with E-state index in [2.05, 4.69) is 4.98 Å². The van der Waals surface area contributed by atoms with Gasteiger partial charge in [0.25, 0.3) is 5.91 Å². The van der Waals surface area contributed by atoms with E-state index in [9.17, 15) is 18.8 Å². The van der Waals surface area contributed by atoms with Gasteiger partial charge in [-0.1, -0.05) is 60.1 Å². The van der Waals surface area contributed by atoms with Gasteiger partial charge in [0.15, 0.2) is 0 Å². The van der Waals surface area contributed by atoms with E-state index in [1.165, 1.54) is 12.3 Å². The van der Waals surface area contributed by atoms with Crippen molar-refractivity contribution in [3.63, 3.8) is 0 Å². The van der Waals surface area contributed by atoms with Gasteiger partial charge in [-0.3, -0.25) is 10.0 Å². The Morgan fingerprint density at radius 2 is 1.71 bits per heavy atom. The molecule has 5 aromatic rings. The molecule has 0 aliphatic rings. The molecule has 0 atom stereocenters. The SMILES string of the molecule is O=C(c1cc2c3ccccc3n(Cc3c(F)ccc(Cl)c3F)c2cn1)N(O)Cc1ccccc1. The molecule has 0 radical (unpaired) electrons. The molecule has 0 spiro atoms. The van der Waals surface area contributed by atoms with Crippen molar-refractivity contribution in [3.8, 4) is 0 Å². The quantitative estimate of drug-likeness (QED) is 0.186. The maximum atomic E-state index is 14.6. The van der Waals surface area contributed by atoms with Crippen LogP contribution in [0.5, 0.6) is 0 Å². The zero-order chi connectivity index (χ0) is 23.8. The Kier molecular flexibility index (Phi) is 5.73. The number of carbonyl (C=O) groups is 1. The molecule has 0 aliphatic carbocycles. The fraction of sp³-hybridized carbons (Fsp3) is 0.0769. The first kappa shape index (κ1) is 22.0. The fourth-order valence-corrected chi connectivity index (χ4v) is 4.24. The van der Waals surface area contributed by atoms with Crippen LogP contribution in [-0.4, -0.2) is 25.7 Å². The molecule has 0 unspecified atom stereocenters. The Balaban J connectivity index is 1.57. The molecule has 3 aromatic carbocycles. The highest BCUT2D eigenvalue weighted by atomic mass is 35.5. The van der Waals surface area contributed by atoms with Gasteiger partial charge in [0.1, 0.15) is 17.3 Å². The predicted molar refractivity (Wildman–Crippen MR) is 126 cm³/mol. The smallest absolute Gasteiger partial charge is 0.296 e. The molecule has 0 fully saturated rings. The third kappa shape index (κ3) is 3.89. The molecular weight excluding hydrogens is 460 g/mol. The highest BCUT2D eigenvalue weighted by Gasteiger charge is 2.20. The molecule has 5 nitrogen and oxygen atoms in total. The topological polar surface area (TPSA) is 58.4 Å². The Morgan fingerprint density at radius 3 is 2.50 bits per heavy atom. The summed E-state index contributed by atoms with van der Waals surface area (Å²) in [6.07, 6.45) is 1.47. The summed E-state index contributed by atoms with van der Waals surface area (Å²) in [5.41, 5.74) is 1.95. The van der Waals surface area contributed by atoms with Crippen molar-refractivity contribution in [1.82, 2.24) is 14.6 Å². The van der Waals surface area contributed by atoms with Crippen molar-refractivity contribution >= 4 is 39.3 Å². The van der Waals surface area contributed by atoms with Crippen LogP contribution in [0.15, 0.2) is 79.0 Å². The second-order valence-corrected chi connectivity index (χ2v) is 8.27. The second kappa shape index (κ2) is 8.85. The zero-order valence-electron chi connectivity index (χ0n) is 17.8. The number of pyridine rings is 1. The van der Waals surface area contributed by atoms with Crippen molar-refractivity contribution in [2.24, 2.45) is 0 Å². The van der Waals surface area contributed by atoms with Crippen LogP contribution in [-0.2, 0) is 13.1 Å². The Labute approximate surface area is 198 Å². The molecule has 0 saturated heterocycles. The molecule has 8 heteroatoms. The monoisotopic (exact) mass is 477 g/mol. The number of aromatic nitrogens is 2. The lowest BCUT2D eigenvalue weighted by Crippen LogP contribution is -2.27. The molecule has 1 amide bonds. The predicted octanol–water partition coefficient (Wildman–Crippen LogP) is 6.20. The van der Waals surface area contributed by atoms with Crippen LogP contribution in [0.25, 0.3) is 21.8 Å². The normalized spacial score (nSPS) is 11.3. The minimum atomic E-state index is -0.816. The number of halogens is 3. The number of benzene rings is 3. The number of para-hydroxylation sites is 1. The minimum absolute atomic E-state index is 0.00840. The van der Waals surface area contributed by atoms with Gasteiger partial charge in [0.2, 0.25) is 0 Å². The highest BCUT2D eigenvalue weighted by molar-refractivity contribution is 6.30. The van der Waals surface area contributed by atoms with Gasteiger partial charge in [-0.05, 0) is 29.8 Å². The van der Waals surface area contributed by atoms with Gasteiger partial charge in [-0.25, -0.2) is 18.8 Å². The largest absolute Gasteiger partial charge is 0.334 e. The van der Waals surface area contributed by atoms with Crippen molar-refractivity contribution in [2.45, 2.75) is 13.1 Å². The third-order valence-electron chi connectivity index (χ3n) is 5.74. The number of nitrogens with zero attached hydrogens (tertiary/aromatic N) is 3. The Hall–Kier alpha value is -3.81. The Morgan fingerprint density at radius 1 is 0.971 bits per heavy atom. The van der Waals surface area contributed by atoms with Crippen molar-refractivity contribution in [2.75, 3.05) is 0 Å². The number of hydroxylamine groups is 2. The molecular formula is C26H18ClF2N3O2. The van der Waals surface area contributed by atoms with Crippen LogP contribution in [0.4, 0.5) is 8.78 Å². The average Bonchev–Trinajstić information content (AvgIpc) is 3.17. The van der Waals surface area contributed by atoms with E-state index >= 15 is 0 Å². The van der Waals surface area contributed by atoms with E-state index in [1.54, 1.807) is 22.8 Å². The van der Waals surface area contributed by atoms with Gasteiger partial charge >= 0.3 is 0 Å². The summed E-state index contributed by atoms with van der Waals surface area (Å²) in [5.74, 6) is -2.18. The maximum Gasteiger partial charge on any atom is 0.296 e. The van der Waals surface area contributed by atoms with Crippen molar-refractivity contribution in [1.29, 1.82) is 0 Å². The van der Waals surface area contributed by atoms with Gasteiger partial charge in [0.05, 0.1) is 29.8 Å². The summed E-state index contributed by atoms with van der Waals surface area (Å²) in [6.45, 7) is -0.105. The molecule has 2 aromatic heterocycles. The first-order valence-corrected chi connectivity index (χ1v) is 10.9. The number of rotatable bonds is 5. The molecule has 170 valence electrons. The summed E-state index contributed by atoms with van der Waals surface area (Å²) in [4.78, 5) is 17.1. The number of hydrogen-bond donors (Lipinski definition) is 1. The van der Waals surface area contributed by atoms with E-state index in [0.717, 1.165) is 17.0 Å².